The van der Waals surface area contributed by atoms with Crippen LogP contribution in [0, 0.1) is 0 Å². The minimum absolute atomic E-state index is 0.767. The van der Waals surface area contributed by atoms with Crippen molar-refractivity contribution in [2.24, 2.45) is 0 Å². The van der Waals surface area contributed by atoms with E-state index in [2.05, 4.69) is 83.9 Å². The predicted octanol–water partition coefficient (Wildman–Crippen LogP) is 6.43. The highest BCUT2D eigenvalue weighted by Crippen LogP contribution is 2.39. The number of benzene rings is 1. The zero-order valence-electron chi connectivity index (χ0n) is 17.1. The van der Waals surface area contributed by atoms with Crippen LogP contribution in [0.1, 0.15) is 48.0 Å². The van der Waals surface area contributed by atoms with Crippen molar-refractivity contribution in [3.05, 3.63) is 30.3 Å². The average molecular weight is 366 g/mol. The first-order valence-electron chi connectivity index (χ1n) is 9.61. The van der Waals surface area contributed by atoms with Crippen molar-refractivity contribution in [2.75, 3.05) is 6.54 Å². The van der Waals surface area contributed by atoms with Gasteiger partial charge in [-0.2, -0.15) is 0 Å². The third kappa shape index (κ3) is 5.74. The molecule has 1 aromatic rings. The minimum atomic E-state index is -1.65. The van der Waals surface area contributed by atoms with Crippen molar-refractivity contribution in [3.8, 4) is 5.75 Å². The van der Waals surface area contributed by atoms with Gasteiger partial charge in [-0.3, -0.25) is 0 Å². The smallest absolute Gasteiger partial charge is 0.245 e. The lowest BCUT2D eigenvalue weighted by Gasteiger charge is -2.44. The summed E-state index contributed by atoms with van der Waals surface area (Å²) in [5.41, 5.74) is 2.30. The van der Waals surface area contributed by atoms with E-state index in [1.165, 1.54) is 12.5 Å². The van der Waals surface area contributed by atoms with Gasteiger partial charge in [0.25, 0.3) is 0 Å². The normalized spacial score (nSPS) is 13.1. The van der Waals surface area contributed by atoms with Crippen LogP contribution in [0.2, 0.25) is 35.8 Å². The summed E-state index contributed by atoms with van der Waals surface area (Å²) in [5, 5.41) is 0. The number of hydrogen-bond donors (Lipinski definition) is 1. The van der Waals surface area contributed by atoms with E-state index in [1.54, 1.807) is 0 Å². The molecule has 0 radical (unpaired) electrons. The number of nitrogens with one attached hydrogen (secondary N) is 1. The van der Waals surface area contributed by atoms with Gasteiger partial charge in [0.05, 0.1) is 0 Å². The van der Waals surface area contributed by atoms with Gasteiger partial charge in [-0.25, -0.2) is 0 Å². The molecule has 1 aromatic carbocycles. The highest BCUT2D eigenvalue weighted by molar-refractivity contribution is 6.81. The molecule has 24 heavy (non-hydrogen) atoms. The van der Waals surface area contributed by atoms with Gasteiger partial charge in [-0.05, 0) is 60.9 Å². The van der Waals surface area contributed by atoms with Gasteiger partial charge < -0.3 is 9.41 Å². The van der Waals surface area contributed by atoms with Crippen molar-refractivity contribution in [1.82, 2.24) is 4.98 Å². The van der Waals surface area contributed by atoms with Gasteiger partial charge in [0.15, 0.2) is 0 Å². The number of hydrogen-bond acceptors (Lipinski definition) is 2. The Labute approximate surface area is 152 Å². The van der Waals surface area contributed by atoms with Crippen LogP contribution in [0.5, 0.6) is 5.75 Å². The van der Waals surface area contributed by atoms with Gasteiger partial charge in [-0.15, -0.1) is 0 Å². The molecule has 2 nitrogen and oxygen atoms in total. The first-order chi connectivity index (χ1) is 11.1. The number of rotatable bonds is 10. The maximum Gasteiger partial charge on any atom is 0.245 e. The Morgan fingerprint density at radius 3 is 1.83 bits per heavy atom. The van der Waals surface area contributed by atoms with Crippen LogP contribution in [0.4, 0.5) is 0 Å². The Morgan fingerprint density at radius 2 is 1.38 bits per heavy atom. The molecule has 4 heteroatoms. The van der Waals surface area contributed by atoms with Crippen molar-refractivity contribution < 1.29 is 4.43 Å². The monoisotopic (exact) mass is 365 g/mol. The zero-order chi connectivity index (χ0) is 18.4. The van der Waals surface area contributed by atoms with Gasteiger partial charge in [-0.1, -0.05) is 59.7 Å². The summed E-state index contributed by atoms with van der Waals surface area (Å²) in [6.07, 6.45) is 1.22. The summed E-state index contributed by atoms with van der Waals surface area (Å²) >= 11 is 0. The third-order valence-electron chi connectivity index (χ3n) is 5.39. The molecule has 0 atom stereocenters. The largest absolute Gasteiger partial charge is 0.544 e. The maximum atomic E-state index is 6.30. The van der Waals surface area contributed by atoms with Crippen molar-refractivity contribution in [1.29, 1.82) is 0 Å². The van der Waals surface area contributed by atoms with Crippen LogP contribution in [-0.2, 0) is 0 Å². The summed E-state index contributed by atoms with van der Waals surface area (Å²) in [6.45, 7) is 20.3. The van der Waals surface area contributed by atoms with Gasteiger partial charge in [0, 0.05) is 0 Å². The van der Waals surface area contributed by atoms with Gasteiger partial charge >= 0.3 is 0 Å². The van der Waals surface area contributed by atoms with E-state index in [4.69, 9.17) is 4.43 Å². The number of para-hydroxylation sites is 1. The molecule has 0 aromatic heterocycles. The summed E-state index contributed by atoms with van der Waals surface area (Å²) in [6, 6.07) is 11.5. The van der Waals surface area contributed by atoms with Crippen LogP contribution < -0.4 is 9.41 Å². The van der Waals surface area contributed by atoms with Gasteiger partial charge in [0.2, 0.25) is 8.32 Å². The van der Waals surface area contributed by atoms with Gasteiger partial charge in [0.1, 0.15) is 14.0 Å². The highest BCUT2D eigenvalue weighted by Gasteiger charge is 2.42. The van der Waals surface area contributed by atoms with Crippen LogP contribution in [0.15, 0.2) is 30.3 Å². The van der Waals surface area contributed by atoms with Crippen molar-refractivity contribution in [3.63, 3.8) is 0 Å². The fraction of sp³-hybridized carbons (Fsp3) is 0.700. The lowest BCUT2D eigenvalue weighted by atomic mass is 10.3. The Morgan fingerprint density at radius 1 is 0.875 bits per heavy atom. The summed E-state index contributed by atoms with van der Waals surface area (Å²) in [4.78, 5) is 4.07. The maximum absolute atomic E-state index is 6.30. The zero-order valence-corrected chi connectivity index (χ0v) is 19.1. The predicted molar refractivity (Wildman–Crippen MR) is 113 cm³/mol. The Kier molecular flexibility index (Phi) is 8.23. The fourth-order valence-corrected chi connectivity index (χ4v) is 12.0. The van der Waals surface area contributed by atoms with E-state index < -0.39 is 16.6 Å². The van der Waals surface area contributed by atoms with Crippen LogP contribution in [0.3, 0.4) is 0 Å². The molecular weight excluding hydrogens is 326 g/mol. The second-order valence-corrected chi connectivity index (χ2v) is 18.5. The Hall–Kier alpha value is -0.586. The molecular formula is C20H39NOSi2. The molecule has 0 saturated heterocycles. The quantitative estimate of drug-likeness (QED) is 0.381. The first kappa shape index (κ1) is 21.5. The lowest BCUT2D eigenvalue weighted by molar-refractivity contribution is 0.542. The second-order valence-electron chi connectivity index (χ2n) is 8.60. The standard InChI is InChI=1S/C20H39NOSi2/c1-17(2)24(18(3)4,19(5)6)21-15-12-16-23(7,8)22-20-13-10-9-11-14-20/h9-11,13-14,17-19,21H,12,15-16H2,1-8H3. The average Bonchev–Trinajstić information content (AvgIpc) is 2.46. The summed E-state index contributed by atoms with van der Waals surface area (Å²) in [7, 11) is -3.12. The van der Waals surface area contributed by atoms with Crippen LogP contribution in [-0.4, -0.2) is 23.1 Å². The second kappa shape index (κ2) is 9.21. The molecule has 1 N–H and O–H groups in total. The van der Waals surface area contributed by atoms with Crippen LogP contribution in [0.25, 0.3) is 0 Å². The van der Waals surface area contributed by atoms with E-state index in [9.17, 15) is 0 Å². The molecule has 0 saturated carbocycles. The van der Waals surface area contributed by atoms with E-state index in [0.717, 1.165) is 28.9 Å². The Balaban J connectivity index is 2.56. The third-order valence-corrected chi connectivity index (χ3v) is 14.3. The molecule has 138 valence electrons. The van der Waals surface area contributed by atoms with E-state index in [0.29, 0.717) is 0 Å². The van der Waals surface area contributed by atoms with E-state index in [-0.39, 0.29) is 0 Å². The molecule has 0 aliphatic heterocycles. The topological polar surface area (TPSA) is 21.3 Å². The first-order valence-corrected chi connectivity index (χ1v) is 15.0. The summed E-state index contributed by atoms with van der Waals surface area (Å²) < 4.78 is 6.30. The lowest BCUT2D eigenvalue weighted by Crippen LogP contribution is -2.58. The van der Waals surface area contributed by atoms with Crippen molar-refractivity contribution in [2.45, 2.75) is 83.7 Å². The molecule has 1 rings (SSSR count). The molecule has 0 unspecified atom stereocenters. The highest BCUT2D eigenvalue weighted by atomic mass is 28.4. The summed E-state index contributed by atoms with van der Waals surface area (Å²) in [5.74, 6) is 1.03. The molecule has 0 fully saturated rings. The van der Waals surface area contributed by atoms with Crippen LogP contribution >= 0.6 is 0 Å². The van der Waals surface area contributed by atoms with E-state index in [1.807, 2.05) is 6.07 Å². The Bertz CT molecular complexity index is 450. The molecule has 0 heterocycles. The SMILES string of the molecule is CC(C)[Si](NCCC[Si](C)(C)Oc1ccccc1)(C(C)C)C(C)C. The molecule has 0 aliphatic rings. The molecule has 0 spiro atoms. The molecule has 0 aliphatic carbocycles. The van der Waals surface area contributed by atoms with Crippen molar-refractivity contribution >= 4 is 16.6 Å². The fourth-order valence-electron chi connectivity index (χ4n) is 4.29. The molecule has 0 amide bonds. The van der Waals surface area contributed by atoms with E-state index >= 15 is 0 Å². The molecule has 0 bridgehead atoms. The minimum Gasteiger partial charge on any atom is -0.544 e.